The predicted molar refractivity (Wildman–Crippen MR) is 92.0 cm³/mol. The third-order valence-electron chi connectivity index (χ3n) is 2.74. The summed E-state index contributed by atoms with van der Waals surface area (Å²) in [4.78, 5) is 22.7. The molecule has 0 aliphatic heterocycles. The van der Waals surface area contributed by atoms with Crippen LogP contribution in [0.4, 0.5) is 10.5 Å². The van der Waals surface area contributed by atoms with Gasteiger partial charge < -0.3 is 31.2 Å². The van der Waals surface area contributed by atoms with E-state index in [4.69, 9.17) is 15.2 Å². The first-order valence-corrected chi connectivity index (χ1v) is 8.11. The van der Waals surface area contributed by atoms with Crippen molar-refractivity contribution in [2.45, 2.75) is 32.8 Å². The summed E-state index contributed by atoms with van der Waals surface area (Å²) >= 11 is 3.20. The van der Waals surface area contributed by atoms with Crippen LogP contribution < -0.4 is 21.3 Å². The molecular formula is C15H22BrN3O5. The van der Waals surface area contributed by atoms with Gasteiger partial charge in [-0.2, -0.15) is 0 Å². The van der Waals surface area contributed by atoms with Crippen LogP contribution in [-0.2, 0) is 4.74 Å². The fourth-order valence-electron chi connectivity index (χ4n) is 1.73. The molecule has 9 heteroatoms. The topological polar surface area (TPSA) is 130 Å². The molecule has 8 nitrogen and oxygen atoms in total. The van der Waals surface area contributed by atoms with E-state index in [1.807, 2.05) is 0 Å². The Bertz CT molecular complexity index is 602. The molecule has 0 aliphatic carbocycles. The smallest absolute Gasteiger partial charge is 0.407 e. The van der Waals surface area contributed by atoms with E-state index < -0.39 is 17.6 Å². The number of nitrogens with one attached hydrogen (secondary N) is 1. The van der Waals surface area contributed by atoms with Crippen LogP contribution in [0.1, 0.15) is 37.6 Å². The molecule has 0 saturated heterocycles. The van der Waals surface area contributed by atoms with E-state index in [1.165, 1.54) is 12.1 Å². The molecule has 0 unspecified atom stereocenters. The number of halogens is 1. The molecule has 134 valence electrons. The summed E-state index contributed by atoms with van der Waals surface area (Å²) in [6, 6.07) is 2.88. The molecule has 24 heavy (non-hydrogen) atoms. The molecule has 0 bridgehead atoms. The Labute approximate surface area is 148 Å². The van der Waals surface area contributed by atoms with Crippen LogP contribution in [-0.4, -0.2) is 30.8 Å². The Morgan fingerprint density at radius 3 is 2.58 bits per heavy atom. The summed E-state index contributed by atoms with van der Waals surface area (Å²) in [6.45, 7) is 5.92. The molecule has 5 N–H and O–H groups in total. The number of quaternary nitrogens is 1. The van der Waals surface area contributed by atoms with E-state index in [0.717, 1.165) is 0 Å². The van der Waals surface area contributed by atoms with Gasteiger partial charge in [0.05, 0.1) is 11.1 Å². The highest BCUT2D eigenvalue weighted by atomic mass is 79.9. The minimum absolute atomic E-state index is 0.231. The molecule has 0 saturated carbocycles. The van der Waals surface area contributed by atoms with Crippen molar-refractivity contribution in [2.75, 3.05) is 13.2 Å². The van der Waals surface area contributed by atoms with Crippen LogP contribution in [0.2, 0.25) is 0 Å². The van der Waals surface area contributed by atoms with Crippen molar-refractivity contribution in [3.05, 3.63) is 27.4 Å². The van der Waals surface area contributed by atoms with Crippen LogP contribution >= 0.6 is 15.9 Å². The van der Waals surface area contributed by atoms with Gasteiger partial charge in [0.2, 0.25) is 5.91 Å². The average Bonchev–Trinajstić information content (AvgIpc) is 2.44. The zero-order valence-corrected chi connectivity index (χ0v) is 15.4. The minimum atomic E-state index is -0.621. The molecule has 0 radical (unpaired) electrons. The second-order valence-electron chi connectivity index (χ2n) is 5.98. The average molecular weight is 404 g/mol. The maximum absolute atomic E-state index is 11.5. The maximum atomic E-state index is 11.5. The number of alkyl carbamates (subject to hydrolysis) is 1. The third-order valence-corrected chi connectivity index (χ3v) is 3.40. The van der Waals surface area contributed by atoms with Crippen LogP contribution in [0.15, 0.2) is 16.6 Å². The predicted octanol–water partition coefficient (Wildman–Crippen LogP) is 1.53. The van der Waals surface area contributed by atoms with Crippen molar-refractivity contribution in [3.63, 3.8) is 0 Å². The van der Waals surface area contributed by atoms with Crippen molar-refractivity contribution in [2.24, 2.45) is 5.73 Å². The number of hydrogen-bond donors (Lipinski definition) is 3. The van der Waals surface area contributed by atoms with Crippen LogP contribution in [0, 0.1) is 5.21 Å². The monoisotopic (exact) mass is 403 g/mol. The Kier molecular flexibility index (Phi) is 7.46. The molecule has 0 fully saturated rings. The van der Waals surface area contributed by atoms with E-state index in [0.29, 0.717) is 28.6 Å². The second-order valence-corrected chi connectivity index (χ2v) is 6.84. The lowest BCUT2D eigenvalue weighted by molar-refractivity contribution is -0.498. The lowest BCUT2D eigenvalue weighted by atomic mass is 10.2. The van der Waals surface area contributed by atoms with Crippen molar-refractivity contribution in [1.82, 2.24) is 5.32 Å². The number of amides is 2. The molecule has 0 atom stereocenters. The number of hydrogen-bond acceptors (Lipinski definition) is 5. The first kappa shape index (κ1) is 20.2. The van der Waals surface area contributed by atoms with Crippen LogP contribution in [0.3, 0.4) is 0 Å². The first-order valence-electron chi connectivity index (χ1n) is 7.32. The molecule has 2 amide bonds. The van der Waals surface area contributed by atoms with Gasteiger partial charge in [-0.25, -0.2) is 4.79 Å². The number of carbonyl (C=O) groups excluding carboxylic acids is 2. The fourth-order valence-corrected chi connectivity index (χ4v) is 2.26. The number of carbonyl (C=O) groups is 2. The molecular weight excluding hydrogens is 382 g/mol. The quantitative estimate of drug-likeness (QED) is 0.361. The van der Waals surface area contributed by atoms with Crippen LogP contribution in [0.5, 0.6) is 5.75 Å². The molecule has 0 heterocycles. The van der Waals surface area contributed by atoms with E-state index in [1.54, 1.807) is 20.8 Å². The van der Waals surface area contributed by atoms with Gasteiger partial charge in [0.1, 0.15) is 5.60 Å². The van der Waals surface area contributed by atoms with E-state index in [-0.39, 0.29) is 17.9 Å². The fraction of sp³-hybridized carbons (Fsp3) is 0.467. The Hall–Kier alpha value is -1.84. The van der Waals surface area contributed by atoms with Crippen molar-refractivity contribution in [1.29, 1.82) is 0 Å². The summed E-state index contributed by atoms with van der Waals surface area (Å²) in [5.74, 6) is -0.366. The Balaban J connectivity index is 2.53. The van der Waals surface area contributed by atoms with Crippen LogP contribution in [0.25, 0.3) is 0 Å². The van der Waals surface area contributed by atoms with E-state index >= 15 is 0 Å². The van der Waals surface area contributed by atoms with E-state index in [9.17, 15) is 14.8 Å². The lowest BCUT2D eigenvalue weighted by Gasteiger charge is -2.19. The minimum Gasteiger partial charge on any atom is -0.630 e. The van der Waals surface area contributed by atoms with E-state index in [2.05, 4.69) is 21.2 Å². The maximum Gasteiger partial charge on any atom is 0.407 e. The Morgan fingerprint density at radius 2 is 2.04 bits per heavy atom. The highest BCUT2D eigenvalue weighted by molar-refractivity contribution is 9.10. The molecule has 1 aromatic rings. The molecule has 0 spiro atoms. The summed E-state index contributed by atoms with van der Waals surface area (Å²) in [5, 5.41) is 13.7. The standard InChI is InChI=1S/C15H22BrN3O5/c1-15(2,3)24-14(21)18-5-4-6-23-11-8-9(13(17)20)7-10(16)12(11)19-22/h7-8H,4-6,19H2,1-3H3,(H2,17,20)(H,18,21). The normalized spacial score (nSPS) is 11.0. The van der Waals surface area contributed by atoms with Gasteiger partial charge in [0.25, 0.3) is 0 Å². The Morgan fingerprint density at radius 1 is 1.38 bits per heavy atom. The van der Waals surface area contributed by atoms with Gasteiger partial charge in [-0.15, -0.1) is 0 Å². The van der Waals surface area contributed by atoms with Gasteiger partial charge in [-0.3, -0.25) is 4.79 Å². The molecule has 1 rings (SSSR count). The van der Waals surface area contributed by atoms with Gasteiger partial charge in [-0.1, -0.05) is 0 Å². The van der Waals surface area contributed by atoms with Gasteiger partial charge in [0, 0.05) is 12.1 Å². The number of rotatable bonds is 7. The first-order chi connectivity index (χ1) is 11.1. The van der Waals surface area contributed by atoms with Crippen molar-refractivity contribution >= 4 is 33.6 Å². The summed E-state index contributed by atoms with van der Waals surface area (Å²) in [6.07, 6.45) is -0.00906. The van der Waals surface area contributed by atoms with Gasteiger partial charge >= 0.3 is 6.09 Å². The number of primary amides is 1. The molecule has 0 aliphatic rings. The largest absolute Gasteiger partial charge is 0.630 e. The van der Waals surface area contributed by atoms with Crippen molar-refractivity contribution < 1.29 is 24.5 Å². The molecule has 0 aromatic heterocycles. The zero-order valence-electron chi connectivity index (χ0n) is 13.8. The third kappa shape index (κ3) is 6.73. The summed E-state index contributed by atoms with van der Waals surface area (Å²) < 4.78 is 11.0. The summed E-state index contributed by atoms with van der Waals surface area (Å²) in [5.41, 5.74) is 5.83. The van der Waals surface area contributed by atoms with Gasteiger partial charge in [-0.05, 0) is 55.3 Å². The second kappa shape index (κ2) is 8.86. The number of benzene rings is 1. The van der Waals surface area contributed by atoms with Crippen molar-refractivity contribution in [3.8, 4) is 5.75 Å². The SMILES string of the molecule is CC(C)(C)OC(=O)NCCCOc1cc(C(N)=O)cc(Br)c1[NH2+][O-]. The highest BCUT2D eigenvalue weighted by Crippen LogP contribution is 2.30. The lowest BCUT2D eigenvalue weighted by Crippen LogP contribution is -2.70. The molecule has 1 aromatic carbocycles. The highest BCUT2D eigenvalue weighted by Gasteiger charge is 2.16. The van der Waals surface area contributed by atoms with Gasteiger partial charge in [0.15, 0.2) is 11.4 Å². The summed E-state index contributed by atoms with van der Waals surface area (Å²) in [7, 11) is 0. The number of ether oxygens (including phenoxy) is 2. The number of nitrogens with two attached hydrogens (primary N) is 2. The zero-order chi connectivity index (χ0) is 18.3.